The molecule has 1 aliphatic rings. The van der Waals surface area contributed by atoms with Crippen LogP contribution in [-0.4, -0.2) is 29.0 Å². The van der Waals surface area contributed by atoms with E-state index in [0.29, 0.717) is 6.42 Å². The molecule has 6 heteroatoms. The van der Waals surface area contributed by atoms with Crippen LogP contribution in [0.5, 0.6) is 0 Å². The molecule has 0 aromatic carbocycles. The molecule has 0 unspecified atom stereocenters. The summed E-state index contributed by atoms with van der Waals surface area (Å²) < 4.78 is 0. The summed E-state index contributed by atoms with van der Waals surface area (Å²) in [5.41, 5.74) is 1.55. The van der Waals surface area contributed by atoms with Gasteiger partial charge in [-0.15, -0.1) is 11.3 Å². The van der Waals surface area contributed by atoms with Crippen LogP contribution in [0.2, 0.25) is 0 Å². The van der Waals surface area contributed by atoms with Crippen LogP contribution in [0.1, 0.15) is 23.5 Å². The molecular weight excluding hydrogens is 284 g/mol. The van der Waals surface area contributed by atoms with Gasteiger partial charge in [0.1, 0.15) is 5.82 Å². The minimum atomic E-state index is -0.0592. The van der Waals surface area contributed by atoms with Crippen molar-refractivity contribution in [1.29, 1.82) is 0 Å². The van der Waals surface area contributed by atoms with Crippen molar-refractivity contribution in [3.8, 4) is 0 Å². The molecule has 3 rings (SSSR count). The molecular formula is C15H18N4OS. The third-order valence-electron chi connectivity index (χ3n) is 3.47. The predicted molar refractivity (Wildman–Crippen MR) is 84.9 cm³/mol. The number of pyridine rings is 1. The molecule has 0 radical (unpaired) electrons. The van der Waals surface area contributed by atoms with E-state index in [1.807, 2.05) is 24.4 Å². The Labute approximate surface area is 128 Å². The Kier molecular flexibility index (Phi) is 4.15. The van der Waals surface area contributed by atoms with Crippen LogP contribution in [0.3, 0.4) is 0 Å². The molecule has 2 aromatic heterocycles. The SMILES string of the molecule is Cc1nc(CC(=O)Nc2ccc(N3CCCC3)nc2)cs1. The molecule has 0 bridgehead atoms. The Bertz CT molecular complexity index is 617. The van der Waals surface area contributed by atoms with E-state index in [9.17, 15) is 4.79 Å². The molecule has 5 nitrogen and oxygen atoms in total. The maximum Gasteiger partial charge on any atom is 0.230 e. The number of hydrogen-bond acceptors (Lipinski definition) is 5. The Hall–Kier alpha value is -1.95. The largest absolute Gasteiger partial charge is 0.357 e. The average Bonchev–Trinajstić information content (AvgIpc) is 3.11. The number of hydrogen-bond donors (Lipinski definition) is 1. The Morgan fingerprint density at radius 2 is 2.19 bits per heavy atom. The zero-order chi connectivity index (χ0) is 14.7. The topological polar surface area (TPSA) is 58.1 Å². The number of aryl methyl sites for hydroxylation is 1. The maximum atomic E-state index is 11.9. The van der Waals surface area contributed by atoms with E-state index in [4.69, 9.17) is 0 Å². The van der Waals surface area contributed by atoms with E-state index < -0.39 is 0 Å². The monoisotopic (exact) mass is 302 g/mol. The first kappa shape index (κ1) is 14.0. The summed E-state index contributed by atoms with van der Waals surface area (Å²) >= 11 is 1.56. The number of amides is 1. The fourth-order valence-electron chi connectivity index (χ4n) is 2.45. The smallest absolute Gasteiger partial charge is 0.230 e. The highest BCUT2D eigenvalue weighted by atomic mass is 32.1. The molecule has 1 aliphatic heterocycles. The van der Waals surface area contributed by atoms with E-state index in [1.54, 1.807) is 17.5 Å². The van der Waals surface area contributed by atoms with E-state index in [2.05, 4.69) is 20.2 Å². The zero-order valence-corrected chi connectivity index (χ0v) is 12.8. The van der Waals surface area contributed by atoms with Crippen molar-refractivity contribution in [1.82, 2.24) is 9.97 Å². The molecule has 0 aliphatic carbocycles. The second kappa shape index (κ2) is 6.22. The molecule has 3 heterocycles. The van der Waals surface area contributed by atoms with Gasteiger partial charge < -0.3 is 10.2 Å². The molecule has 21 heavy (non-hydrogen) atoms. The number of rotatable bonds is 4. The zero-order valence-electron chi connectivity index (χ0n) is 12.0. The lowest BCUT2D eigenvalue weighted by Crippen LogP contribution is -2.19. The summed E-state index contributed by atoms with van der Waals surface area (Å²) in [7, 11) is 0. The van der Waals surface area contributed by atoms with Crippen molar-refractivity contribution in [3.63, 3.8) is 0 Å². The van der Waals surface area contributed by atoms with Crippen LogP contribution >= 0.6 is 11.3 Å². The van der Waals surface area contributed by atoms with Crippen LogP contribution in [-0.2, 0) is 11.2 Å². The van der Waals surface area contributed by atoms with E-state index >= 15 is 0 Å². The lowest BCUT2D eigenvalue weighted by atomic mass is 10.3. The van der Waals surface area contributed by atoms with Crippen molar-refractivity contribution in [2.45, 2.75) is 26.2 Å². The molecule has 0 saturated carbocycles. The highest BCUT2D eigenvalue weighted by Gasteiger charge is 2.13. The summed E-state index contributed by atoms with van der Waals surface area (Å²) in [6.07, 6.45) is 4.48. The van der Waals surface area contributed by atoms with Gasteiger partial charge in [-0.25, -0.2) is 9.97 Å². The second-order valence-electron chi connectivity index (χ2n) is 5.18. The summed E-state index contributed by atoms with van der Waals surface area (Å²) in [4.78, 5) is 22.9. The van der Waals surface area contributed by atoms with Crippen molar-refractivity contribution in [3.05, 3.63) is 34.4 Å². The normalized spacial score (nSPS) is 14.4. The molecule has 1 N–H and O–H groups in total. The highest BCUT2D eigenvalue weighted by Crippen LogP contribution is 2.19. The first-order valence-corrected chi connectivity index (χ1v) is 8.00. The summed E-state index contributed by atoms with van der Waals surface area (Å²) in [6.45, 7) is 4.08. The number of nitrogens with zero attached hydrogens (tertiary/aromatic N) is 3. The quantitative estimate of drug-likeness (QED) is 0.943. The van der Waals surface area contributed by atoms with Gasteiger partial charge in [-0.3, -0.25) is 4.79 Å². The minimum Gasteiger partial charge on any atom is -0.357 e. The lowest BCUT2D eigenvalue weighted by Gasteiger charge is -2.16. The molecule has 1 fully saturated rings. The second-order valence-corrected chi connectivity index (χ2v) is 6.24. The van der Waals surface area contributed by atoms with Crippen molar-refractivity contribution in [2.75, 3.05) is 23.3 Å². The molecule has 2 aromatic rings. The first-order valence-electron chi connectivity index (χ1n) is 7.12. The van der Waals surface area contributed by atoms with E-state index in [1.165, 1.54) is 12.8 Å². The van der Waals surface area contributed by atoms with Crippen molar-refractivity contribution < 1.29 is 4.79 Å². The number of anilines is 2. The van der Waals surface area contributed by atoms with Crippen LogP contribution in [0.4, 0.5) is 11.5 Å². The Morgan fingerprint density at radius 3 is 2.81 bits per heavy atom. The van der Waals surface area contributed by atoms with Gasteiger partial charge in [0.05, 0.1) is 29.0 Å². The van der Waals surface area contributed by atoms with Crippen LogP contribution in [0, 0.1) is 6.92 Å². The number of carbonyl (C=O) groups excluding carboxylic acids is 1. The van der Waals surface area contributed by atoms with Crippen molar-refractivity contribution >= 4 is 28.7 Å². The number of nitrogens with one attached hydrogen (secondary N) is 1. The van der Waals surface area contributed by atoms with Gasteiger partial charge in [-0.2, -0.15) is 0 Å². The molecule has 0 atom stereocenters. The number of aromatic nitrogens is 2. The predicted octanol–water partition coefficient (Wildman–Crippen LogP) is 2.63. The van der Waals surface area contributed by atoms with Gasteiger partial charge in [0.25, 0.3) is 0 Å². The van der Waals surface area contributed by atoms with E-state index in [0.717, 1.165) is 35.3 Å². The third-order valence-corrected chi connectivity index (χ3v) is 4.29. The Balaban J connectivity index is 1.58. The molecule has 1 amide bonds. The summed E-state index contributed by atoms with van der Waals surface area (Å²) in [6, 6.07) is 3.87. The van der Waals surface area contributed by atoms with Crippen LogP contribution in [0.25, 0.3) is 0 Å². The summed E-state index contributed by atoms with van der Waals surface area (Å²) in [5, 5.41) is 5.76. The van der Waals surface area contributed by atoms with Gasteiger partial charge in [-0.05, 0) is 31.9 Å². The Morgan fingerprint density at radius 1 is 1.38 bits per heavy atom. The van der Waals surface area contributed by atoms with Gasteiger partial charge in [0.15, 0.2) is 0 Å². The third kappa shape index (κ3) is 3.58. The fraction of sp³-hybridized carbons (Fsp3) is 0.400. The van der Waals surface area contributed by atoms with Crippen LogP contribution in [0.15, 0.2) is 23.7 Å². The van der Waals surface area contributed by atoms with Crippen LogP contribution < -0.4 is 10.2 Å². The molecule has 110 valence electrons. The van der Waals surface area contributed by atoms with E-state index in [-0.39, 0.29) is 5.91 Å². The molecule has 0 spiro atoms. The minimum absolute atomic E-state index is 0.0592. The van der Waals surface area contributed by atoms with Gasteiger partial charge >= 0.3 is 0 Å². The molecule has 1 saturated heterocycles. The average molecular weight is 302 g/mol. The number of thiazole rings is 1. The number of carbonyl (C=O) groups is 1. The van der Waals surface area contributed by atoms with Gasteiger partial charge in [0, 0.05) is 18.5 Å². The standard InChI is InChI=1S/C15H18N4OS/c1-11-17-13(10-21-11)8-15(20)18-12-4-5-14(16-9-12)19-6-2-3-7-19/h4-5,9-10H,2-3,6-8H2,1H3,(H,18,20). The fourth-order valence-corrected chi connectivity index (χ4v) is 3.06. The summed E-state index contributed by atoms with van der Waals surface area (Å²) in [5.74, 6) is 0.927. The maximum absolute atomic E-state index is 11.9. The van der Waals surface area contributed by atoms with Gasteiger partial charge in [-0.1, -0.05) is 0 Å². The first-order chi connectivity index (χ1) is 10.2. The van der Waals surface area contributed by atoms with Crippen molar-refractivity contribution in [2.24, 2.45) is 0 Å². The lowest BCUT2D eigenvalue weighted by molar-refractivity contribution is -0.115. The highest BCUT2D eigenvalue weighted by molar-refractivity contribution is 7.09. The van der Waals surface area contributed by atoms with Gasteiger partial charge in [0.2, 0.25) is 5.91 Å².